The Bertz CT molecular complexity index is 270. The van der Waals surface area contributed by atoms with E-state index in [-0.39, 0.29) is 16.7 Å². The third-order valence-electron chi connectivity index (χ3n) is 3.45. The summed E-state index contributed by atoms with van der Waals surface area (Å²) >= 11 is 13.2. The number of rotatable bonds is 5. The van der Waals surface area contributed by atoms with Gasteiger partial charge in [-0.05, 0) is 12.8 Å². The summed E-state index contributed by atoms with van der Waals surface area (Å²) in [5.41, 5.74) is 0. The van der Waals surface area contributed by atoms with E-state index in [1.54, 1.807) is 0 Å². The Hall–Kier alpha value is 1.13. The molecule has 6 heteroatoms. The summed E-state index contributed by atoms with van der Waals surface area (Å²) in [7, 11) is 0. The molecule has 1 saturated carbocycles. The average molecular weight is 407 g/mol. The van der Waals surface area contributed by atoms with Crippen molar-refractivity contribution < 1.29 is 14.2 Å². The van der Waals surface area contributed by atoms with Crippen molar-refractivity contribution in [2.75, 3.05) is 25.7 Å². The topological polar surface area (TPSA) is 27.7 Å². The molecule has 0 amide bonds. The Balaban J connectivity index is 1.83. The highest BCUT2D eigenvalue weighted by Gasteiger charge is 2.48. The predicted octanol–water partition coefficient (Wildman–Crippen LogP) is 3.45. The number of hydrogen-bond acceptors (Lipinski definition) is 3. The largest absolute Gasteiger partial charge is 0.377 e. The lowest BCUT2D eigenvalue weighted by Gasteiger charge is -2.39. The summed E-state index contributed by atoms with van der Waals surface area (Å²) < 4.78 is 17.0. The van der Waals surface area contributed by atoms with Crippen LogP contribution in [0, 0.1) is 0 Å². The second-order valence-electron chi connectivity index (χ2n) is 4.83. The highest BCUT2D eigenvalue weighted by Crippen LogP contribution is 2.45. The van der Waals surface area contributed by atoms with Crippen molar-refractivity contribution in [2.45, 2.75) is 47.2 Å². The minimum absolute atomic E-state index is 0.0225. The van der Waals surface area contributed by atoms with Crippen LogP contribution in [0.25, 0.3) is 0 Å². The third kappa shape index (κ3) is 3.61. The van der Waals surface area contributed by atoms with Crippen LogP contribution in [-0.2, 0) is 14.2 Å². The standard InChI is InChI=1S/C12H19Br2ClO3/c13-10-3-1-2-4-12(10,14)11-17-8-9(18-11)7-16-6-5-15/h9-11H,1-8H2. The quantitative estimate of drug-likeness (QED) is 0.517. The summed E-state index contributed by atoms with van der Waals surface area (Å²) in [6.07, 6.45) is 4.54. The molecular formula is C12H19Br2ClO3. The molecule has 2 rings (SSSR count). The third-order valence-corrected chi connectivity index (χ3v) is 6.82. The van der Waals surface area contributed by atoms with Crippen LogP contribution >= 0.6 is 43.5 Å². The second kappa shape index (κ2) is 7.23. The maximum absolute atomic E-state index is 5.95. The van der Waals surface area contributed by atoms with Crippen LogP contribution in [0.5, 0.6) is 0 Å². The molecule has 0 aromatic heterocycles. The summed E-state index contributed by atoms with van der Waals surface area (Å²) in [4.78, 5) is 0.395. The van der Waals surface area contributed by atoms with Gasteiger partial charge in [0.15, 0.2) is 6.29 Å². The Kier molecular flexibility index (Phi) is 6.23. The molecule has 4 atom stereocenters. The van der Waals surface area contributed by atoms with Gasteiger partial charge in [-0.2, -0.15) is 0 Å². The fraction of sp³-hybridized carbons (Fsp3) is 1.00. The van der Waals surface area contributed by atoms with Crippen molar-refractivity contribution >= 4 is 43.5 Å². The second-order valence-corrected chi connectivity index (χ2v) is 7.79. The smallest absolute Gasteiger partial charge is 0.174 e. The van der Waals surface area contributed by atoms with Gasteiger partial charge in [-0.15, -0.1) is 11.6 Å². The molecule has 0 aromatic carbocycles. The minimum atomic E-state index is -0.188. The molecule has 1 saturated heterocycles. The van der Waals surface area contributed by atoms with Gasteiger partial charge < -0.3 is 14.2 Å². The zero-order chi connectivity index (χ0) is 13.0. The van der Waals surface area contributed by atoms with Crippen molar-refractivity contribution in [3.8, 4) is 0 Å². The summed E-state index contributed by atoms with van der Waals surface area (Å²) in [5.74, 6) is 0.517. The van der Waals surface area contributed by atoms with E-state index in [4.69, 9.17) is 25.8 Å². The molecule has 0 aromatic rings. The van der Waals surface area contributed by atoms with E-state index >= 15 is 0 Å². The zero-order valence-corrected chi connectivity index (χ0v) is 14.2. The van der Waals surface area contributed by atoms with Crippen LogP contribution in [0.4, 0.5) is 0 Å². The lowest BCUT2D eigenvalue weighted by atomic mass is 9.88. The van der Waals surface area contributed by atoms with Crippen molar-refractivity contribution in [3.05, 3.63) is 0 Å². The first-order valence-corrected chi connectivity index (χ1v) is 8.65. The molecule has 3 nitrogen and oxygen atoms in total. The normalized spacial score (nSPS) is 41.2. The van der Waals surface area contributed by atoms with E-state index in [0.29, 0.717) is 30.5 Å². The van der Waals surface area contributed by atoms with Crippen molar-refractivity contribution in [3.63, 3.8) is 0 Å². The van der Waals surface area contributed by atoms with Crippen LogP contribution in [0.2, 0.25) is 0 Å². The van der Waals surface area contributed by atoms with Gasteiger partial charge >= 0.3 is 0 Å². The van der Waals surface area contributed by atoms with Crippen molar-refractivity contribution in [1.29, 1.82) is 0 Å². The van der Waals surface area contributed by atoms with Gasteiger partial charge in [-0.25, -0.2) is 0 Å². The molecule has 1 aliphatic carbocycles. The molecule has 1 heterocycles. The summed E-state index contributed by atoms with van der Waals surface area (Å²) in [6.45, 7) is 1.71. The number of alkyl halides is 3. The highest BCUT2D eigenvalue weighted by molar-refractivity contribution is 9.12. The first-order valence-electron chi connectivity index (χ1n) is 6.40. The molecular weight excluding hydrogens is 387 g/mol. The van der Waals surface area contributed by atoms with E-state index in [0.717, 1.165) is 12.8 Å². The maximum atomic E-state index is 5.95. The molecule has 1 aliphatic heterocycles. The highest BCUT2D eigenvalue weighted by atomic mass is 79.9. The molecule has 0 bridgehead atoms. The molecule has 0 radical (unpaired) electrons. The number of halogens is 3. The van der Waals surface area contributed by atoms with Crippen LogP contribution in [0.1, 0.15) is 25.7 Å². The average Bonchev–Trinajstić information content (AvgIpc) is 2.83. The monoisotopic (exact) mass is 404 g/mol. The fourth-order valence-electron chi connectivity index (χ4n) is 2.44. The van der Waals surface area contributed by atoms with Gasteiger partial charge in [0.2, 0.25) is 0 Å². The predicted molar refractivity (Wildman–Crippen MR) is 79.0 cm³/mol. The van der Waals surface area contributed by atoms with Gasteiger partial charge in [0.1, 0.15) is 6.10 Å². The fourth-order valence-corrected chi connectivity index (χ4v) is 4.06. The molecule has 0 N–H and O–H groups in total. The summed E-state index contributed by atoms with van der Waals surface area (Å²) in [6, 6.07) is 0. The SMILES string of the molecule is ClCCOCC1COC(C2(Br)CCCCC2Br)O1. The maximum Gasteiger partial charge on any atom is 0.174 e. The minimum Gasteiger partial charge on any atom is -0.377 e. The van der Waals surface area contributed by atoms with Gasteiger partial charge in [-0.3, -0.25) is 0 Å². The van der Waals surface area contributed by atoms with Gasteiger partial charge in [-0.1, -0.05) is 44.7 Å². The van der Waals surface area contributed by atoms with E-state index in [2.05, 4.69) is 31.9 Å². The molecule has 2 fully saturated rings. The van der Waals surface area contributed by atoms with Gasteiger partial charge in [0, 0.05) is 10.7 Å². The Morgan fingerprint density at radius 3 is 2.94 bits per heavy atom. The number of hydrogen-bond donors (Lipinski definition) is 0. The summed E-state index contributed by atoms with van der Waals surface area (Å²) in [5, 5.41) is 0. The lowest BCUT2D eigenvalue weighted by molar-refractivity contribution is -0.0958. The van der Waals surface area contributed by atoms with E-state index in [1.807, 2.05) is 0 Å². The number of ether oxygens (including phenoxy) is 3. The molecule has 18 heavy (non-hydrogen) atoms. The van der Waals surface area contributed by atoms with Crippen LogP contribution in [0.15, 0.2) is 0 Å². The van der Waals surface area contributed by atoms with Gasteiger partial charge in [0.05, 0.1) is 24.1 Å². The zero-order valence-electron chi connectivity index (χ0n) is 10.2. The Morgan fingerprint density at radius 1 is 1.39 bits per heavy atom. The van der Waals surface area contributed by atoms with Crippen molar-refractivity contribution in [2.24, 2.45) is 0 Å². The van der Waals surface area contributed by atoms with Gasteiger partial charge in [0.25, 0.3) is 0 Å². The van der Waals surface area contributed by atoms with E-state index < -0.39 is 0 Å². The van der Waals surface area contributed by atoms with Crippen LogP contribution in [0.3, 0.4) is 0 Å². The Labute approximate surface area is 130 Å². The molecule has 4 unspecified atom stereocenters. The van der Waals surface area contributed by atoms with E-state index in [9.17, 15) is 0 Å². The Morgan fingerprint density at radius 2 is 2.22 bits per heavy atom. The first kappa shape index (κ1) is 15.5. The molecule has 106 valence electrons. The first-order chi connectivity index (χ1) is 8.66. The molecule has 0 spiro atoms. The van der Waals surface area contributed by atoms with Crippen molar-refractivity contribution in [1.82, 2.24) is 0 Å². The lowest BCUT2D eigenvalue weighted by Crippen LogP contribution is -2.47. The van der Waals surface area contributed by atoms with Crippen LogP contribution < -0.4 is 0 Å². The van der Waals surface area contributed by atoms with Crippen LogP contribution in [-0.4, -0.2) is 47.2 Å². The van der Waals surface area contributed by atoms with E-state index in [1.165, 1.54) is 12.8 Å². The molecule has 2 aliphatic rings.